The molecule has 0 saturated carbocycles. The van der Waals surface area contributed by atoms with Gasteiger partial charge in [0.25, 0.3) is 0 Å². The predicted molar refractivity (Wildman–Crippen MR) is 97.5 cm³/mol. The zero-order valence-corrected chi connectivity index (χ0v) is 14.6. The van der Waals surface area contributed by atoms with Crippen LogP contribution in [0.15, 0.2) is 59.1 Å². The predicted octanol–water partition coefficient (Wildman–Crippen LogP) is 3.38. The molecule has 0 bridgehead atoms. The highest BCUT2D eigenvalue weighted by Gasteiger charge is 2.11. The normalized spacial score (nSPS) is 10.5. The van der Waals surface area contributed by atoms with Crippen LogP contribution in [0.5, 0.6) is 5.75 Å². The molecule has 3 rings (SSSR count). The van der Waals surface area contributed by atoms with Crippen molar-refractivity contribution in [3.8, 4) is 17.1 Å². The van der Waals surface area contributed by atoms with Gasteiger partial charge in [-0.3, -0.25) is 4.79 Å². The van der Waals surface area contributed by atoms with Gasteiger partial charge in [-0.25, -0.2) is 0 Å². The lowest BCUT2D eigenvalue weighted by atomic mass is 10.2. The summed E-state index contributed by atoms with van der Waals surface area (Å²) in [4.78, 5) is 16.3. The van der Waals surface area contributed by atoms with Gasteiger partial charge < -0.3 is 14.6 Å². The second-order valence-corrected chi connectivity index (χ2v) is 5.73. The molecular weight excluding hydrogens is 330 g/mol. The molecule has 0 aliphatic carbocycles. The van der Waals surface area contributed by atoms with Crippen molar-refractivity contribution in [3.63, 3.8) is 0 Å². The van der Waals surface area contributed by atoms with Gasteiger partial charge in [0.1, 0.15) is 5.75 Å². The van der Waals surface area contributed by atoms with Crippen LogP contribution < -0.4 is 10.1 Å². The van der Waals surface area contributed by atoms with Crippen molar-refractivity contribution in [2.45, 2.75) is 26.3 Å². The molecular formula is C20H21N3O3. The molecule has 1 N–H and O–H groups in total. The fraction of sp³-hybridized carbons (Fsp3) is 0.250. The number of hydrogen-bond donors (Lipinski definition) is 1. The van der Waals surface area contributed by atoms with Gasteiger partial charge in [-0.2, -0.15) is 4.98 Å². The zero-order chi connectivity index (χ0) is 18.2. The van der Waals surface area contributed by atoms with E-state index < -0.39 is 0 Å². The third-order valence-corrected chi connectivity index (χ3v) is 3.79. The summed E-state index contributed by atoms with van der Waals surface area (Å²) < 4.78 is 10.7. The van der Waals surface area contributed by atoms with E-state index in [0.29, 0.717) is 37.7 Å². The minimum Gasteiger partial charge on any atom is -0.494 e. The molecule has 6 nitrogen and oxygen atoms in total. The molecule has 0 aliphatic rings. The first-order valence-electron chi connectivity index (χ1n) is 8.61. The average molecular weight is 351 g/mol. The minimum atomic E-state index is -0.0466. The summed E-state index contributed by atoms with van der Waals surface area (Å²) in [6.45, 7) is 3.08. The Labute approximate surface area is 152 Å². The van der Waals surface area contributed by atoms with Crippen molar-refractivity contribution >= 4 is 5.91 Å². The Morgan fingerprint density at radius 3 is 2.62 bits per heavy atom. The molecule has 3 aromatic rings. The molecule has 0 aliphatic heterocycles. The van der Waals surface area contributed by atoms with Crippen LogP contribution in [0.4, 0.5) is 0 Å². The lowest BCUT2D eigenvalue weighted by Crippen LogP contribution is -2.22. The van der Waals surface area contributed by atoms with Gasteiger partial charge in [0.15, 0.2) is 0 Å². The Balaban J connectivity index is 1.49. The maximum atomic E-state index is 12.0. The van der Waals surface area contributed by atoms with Crippen molar-refractivity contribution in [3.05, 3.63) is 66.1 Å². The summed E-state index contributed by atoms with van der Waals surface area (Å²) in [6.07, 6.45) is 0.711. The summed E-state index contributed by atoms with van der Waals surface area (Å²) in [7, 11) is 0. The number of carbonyl (C=O) groups excluding carboxylic acids is 1. The van der Waals surface area contributed by atoms with E-state index in [4.69, 9.17) is 9.26 Å². The summed E-state index contributed by atoms with van der Waals surface area (Å²) in [5, 5.41) is 6.86. The monoisotopic (exact) mass is 351 g/mol. The van der Waals surface area contributed by atoms with E-state index in [9.17, 15) is 4.79 Å². The first kappa shape index (κ1) is 17.7. The van der Waals surface area contributed by atoms with Gasteiger partial charge in [-0.1, -0.05) is 35.5 Å². The molecule has 0 fully saturated rings. The van der Waals surface area contributed by atoms with E-state index in [1.807, 2.05) is 61.5 Å². The number of aryl methyl sites for hydroxylation is 1. The minimum absolute atomic E-state index is 0.0466. The van der Waals surface area contributed by atoms with Gasteiger partial charge in [-0.05, 0) is 36.8 Å². The molecule has 134 valence electrons. The number of amides is 1. The lowest BCUT2D eigenvalue weighted by Gasteiger charge is -2.03. The van der Waals surface area contributed by atoms with Crippen molar-refractivity contribution < 1.29 is 14.1 Å². The van der Waals surface area contributed by atoms with Gasteiger partial charge in [0.05, 0.1) is 6.61 Å². The maximum Gasteiger partial charge on any atom is 0.227 e. The van der Waals surface area contributed by atoms with Crippen LogP contribution in [0.25, 0.3) is 11.4 Å². The Morgan fingerprint density at radius 2 is 1.88 bits per heavy atom. The molecule has 26 heavy (non-hydrogen) atoms. The largest absolute Gasteiger partial charge is 0.494 e. The lowest BCUT2D eigenvalue weighted by molar-refractivity contribution is -0.121. The molecule has 0 atom stereocenters. The maximum absolute atomic E-state index is 12.0. The SMILES string of the molecule is CCOc1ccc(-c2noc(CCC(=O)NCc3ccccc3)n2)cc1. The Morgan fingerprint density at radius 1 is 1.12 bits per heavy atom. The number of nitrogens with one attached hydrogen (secondary N) is 1. The Hall–Kier alpha value is -3.15. The quantitative estimate of drug-likeness (QED) is 0.673. The number of benzene rings is 2. The number of nitrogens with zero attached hydrogens (tertiary/aromatic N) is 2. The Bertz CT molecular complexity index is 829. The van der Waals surface area contributed by atoms with Crippen molar-refractivity contribution in [1.29, 1.82) is 0 Å². The number of ether oxygens (including phenoxy) is 1. The van der Waals surface area contributed by atoms with Crippen LogP contribution in [0, 0.1) is 0 Å². The van der Waals surface area contributed by atoms with E-state index in [1.54, 1.807) is 0 Å². The second kappa shape index (κ2) is 8.80. The Kier molecular flexibility index (Phi) is 5.98. The molecule has 1 amide bonds. The van der Waals surface area contributed by atoms with Crippen LogP contribution in [0.2, 0.25) is 0 Å². The molecule has 2 aromatic carbocycles. The van der Waals surface area contributed by atoms with Crippen LogP contribution in [0.1, 0.15) is 24.8 Å². The third kappa shape index (κ3) is 4.92. The van der Waals surface area contributed by atoms with E-state index in [1.165, 1.54) is 0 Å². The molecule has 0 unspecified atom stereocenters. The summed E-state index contributed by atoms with van der Waals surface area (Å²) in [5.74, 6) is 1.71. The molecule has 0 spiro atoms. The first-order chi connectivity index (χ1) is 12.7. The van der Waals surface area contributed by atoms with Crippen LogP contribution in [-0.4, -0.2) is 22.7 Å². The fourth-order valence-electron chi connectivity index (χ4n) is 2.45. The number of hydrogen-bond acceptors (Lipinski definition) is 5. The van der Waals surface area contributed by atoms with Crippen LogP contribution in [0.3, 0.4) is 0 Å². The van der Waals surface area contributed by atoms with E-state index in [2.05, 4.69) is 15.5 Å². The number of carbonyl (C=O) groups is 1. The van der Waals surface area contributed by atoms with E-state index >= 15 is 0 Å². The highest BCUT2D eigenvalue weighted by atomic mass is 16.5. The molecule has 1 heterocycles. The van der Waals surface area contributed by atoms with Crippen LogP contribution in [-0.2, 0) is 17.8 Å². The topological polar surface area (TPSA) is 77.2 Å². The molecule has 0 saturated heterocycles. The van der Waals surface area contributed by atoms with Crippen LogP contribution >= 0.6 is 0 Å². The highest BCUT2D eigenvalue weighted by Crippen LogP contribution is 2.20. The number of rotatable bonds is 8. The molecule has 0 radical (unpaired) electrons. The van der Waals surface area contributed by atoms with Gasteiger partial charge in [0, 0.05) is 24.9 Å². The second-order valence-electron chi connectivity index (χ2n) is 5.73. The van der Waals surface area contributed by atoms with Crippen molar-refractivity contribution in [2.75, 3.05) is 6.61 Å². The van der Waals surface area contributed by atoms with Crippen molar-refractivity contribution in [1.82, 2.24) is 15.5 Å². The van der Waals surface area contributed by atoms with E-state index in [0.717, 1.165) is 16.9 Å². The summed E-state index contributed by atoms with van der Waals surface area (Å²) in [6, 6.07) is 17.3. The van der Waals surface area contributed by atoms with Crippen molar-refractivity contribution in [2.24, 2.45) is 0 Å². The summed E-state index contributed by atoms with van der Waals surface area (Å²) in [5.41, 5.74) is 1.91. The molecule has 1 aromatic heterocycles. The first-order valence-corrected chi connectivity index (χ1v) is 8.61. The molecule has 6 heteroatoms. The number of aromatic nitrogens is 2. The third-order valence-electron chi connectivity index (χ3n) is 3.79. The zero-order valence-electron chi connectivity index (χ0n) is 14.6. The van der Waals surface area contributed by atoms with Gasteiger partial charge >= 0.3 is 0 Å². The van der Waals surface area contributed by atoms with Gasteiger partial charge in [-0.15, -0.1) is 0 Å². The fourth-order valence-corrected chi connectivity index (χ4v) is 2.45. The smallest absolute Gasteiger partial charge is 0.227 e. The van der Waals surface area contributed by atoms with Gasteiger partial charge in [0.2, 0.25) is 17.6 Å². The standard InChI is InChI=1S/C20H21N3O3/c1-2-25-17-10-8-16(9-11-17)20-22-19(26-23-20)13-12-18(24)21-14-15-6-4-3-5-7-15/h3-11H,2,12-14H2,1H3,(H,21,24). The average Bonchev–Trinajstić information content (AvgIpc) is 3.15. The highest BCUT2D eigenvalue weighted by molar-refractivity contribution is 5.76. The summed E-state index contributed by atoms with van der Waals surface area (Å²) >= 11 is 0. The van der Waals surface area contributed by atoms with E-state index in [-0.39, 0.29) is 5.91 Å².